The number of alkyl halides is 7. The lowest BCUT2D eigenvalue weighted by Crippen LogP contribution is -2.63. The van der Waals surface area contributed by atoms with Gasteiger partial charge in [0.1, 0.15) is 0 Å². The molecule has 1 aliphatic carbocycles. The first-order valence-corrected chi connectivity index (χ1v) is 5.13. The summed E-state index contributed by atoms with van der Waals surface area (Å²) in [5.74, 6) is -1.55. The average molecular weight is 266 g/mol. The van der Waals surface area contributed by atoms with Crippen molar-refractivity contribution in [3.8, 4) is 0 Å². The Bertz CT molecular complexity index is 335. The molecule has 4 aliphatic rings. The first-order valence-electron chi connectivity index (χ1n) is 4.70. The number of nitrogens with zero attached hydrogens (tertiary/aromatic N) is 1. The maximum Gasteiger partial charge on any atom is 0.416 e. The first-order chi connectivity index (χ1) is 7.14. The van der Waals surface area contributed by atoms with E-state index in [1.165, 1.54) is 0 Å². The van der Waals surface area contributed by atoms with Crippen LogP contribution in [0.4, 0.5) is 26.3 Å². The van der Waals surface area contributed by atoms with Gasteiger partial charge < -0.3 is 0 Å². The summed E-state index contributed by atoms with van der Waals surface area (Å²) >= 11 is 5.65. The van der Waals surface area contributed by atoms with Gasteiger partial charge in [-0.05, 0) is 6.42 Å². The predicted octanol–water partition coefficient (Wildman–Crippen LogP) is 2.54. The molecule has 8 heteroatoms. The molecule has 0 aromatic heterocycles. The van der Waals surface area contributed by atoms with E-state index >= 15 is 0 Å². The van der Waals surface area contributed by atoms with Gasteiger partial charge in [0, 0.05) is 18.0 Å². The summed E-state index contributed by atoms with van der Waals surface area (Å²) in [5, 5.41) is -1.03. The molecule has 16 heavy (non-hydrogen) atoms. The van der Waals surface area contributed by atoms with Gasteiger partial charge in [0.2, 0.25) is 5.54 Å². The summed E-state index contributed by atoms with van der Waals surface area (Å²) in [6.45, 7) is 0. The number of halogens is 7. The molecule has 3 saturated heterocycles. The van der Waals surface area contributed by atoms with Crippen molar-refractivity contribution in [2.75, 3.05) is 0 Å². The largest absolute Gasteiger partial charge is 0.416 e. The molecule has 0 amide bonds. The Labute approximate surface area is 91.3 Å². The third kappa shape index (κ3) is 0.847. The molecule has 4 rings (SSSR count). The molecule has 5 atom stereocenters. The third-order valence-corrected chi connectivity index (χ3v) is 4.56. The lowest BCUT2D eigenvalue weighted by Gasteiger charge is -2.37. The van der Waals surface area contributed by atoms with Gasteiger partial charge >= 0.3 is 12.4 Å². The molecule has 1 unspecified atom stereocenters. The molecule has 0 radical (unpaired) electrons. The molecule has 3 aliphatic heterocycles. The second-order valence-corrected chi connectivity index (χ2v) is 5.02. The van der Waals surface area contributed by atoms with Gasteiger partial charge in [-0.2, -0.15) is 26.3 Å². The van der Waals surface area contributed by atoms with Crippen LogP contribution in [0, 0.1) is 5.92 Å². The number of hydrogen-bond acceptors (Lipinski definition) is 1. The highest BCUT2D eigenvalue weighted by Gasteiger charge is 2.93. The standard InChI is InChI=1S/C8H6ClF6N/c9-4-2-1-3-5(4)16(3)6(2,7(10,11)12)8(13,14)15/h2-5H,1H2/t2-,3-,4+,5+,16?/m1/s1. The molecule has 92 valence electrons. The van der Waals surface area contributed by atoms with Crippen molar-refractivity contribution in [3.05, 3.63) is 0 Å². The van der Waals surface area contributed by atoms with E-state index in [1.54, 1.807) is 0 Å². The Morgan fingerprint density at radius 2 is 1.56 bits per heavy atom. The van der Waals surface area contributed by atoms with E-state index in [0.29, 0.717) is 4.90 Å². The normalized spacial score (nSPS) is 48.6. The highest BCUT2D eigenvalue weighted by atomic mass is 35.5. The zero-order valence-electron chi connectivity index (χ0n) is 7.61. The molecule has 4 fully saturated rings. The van der Waals surface area contributed by atoms with E-state index in [2.05, 4.69) is 0 Å². The van der Waals surface area contributed by atoms with Crippen molar-refractivity contribution in [2.45, 2.75) is 41.8 Å². The molecule has 0 N–H and O–H groups in total. The van der Waals surface area contributed by atoms with Crippen LogP contribution in [0.15, 0.2) is 0 Å². The van der Waals surface area contributed by atoms with E-state index in [0.717, 1.165) is 0 Å². The Hall–Kier alpha value is -0.170. The van der Waals surface area contributed by atoms with Crippen LogP contribution < -0.4 is 0 Å². The molecule has 0 aromatic carbocycles. The van der Waals surface area contributed by atoms with Crippen LogP contribution in [-0.2, 0) is 0 Å². The maximum atomic E-state index is 12.8. The van der Waals surface area contributed by atoms with Crippen molar-refractivity contribution < 1.29 is 26.3 Å². The first kappa shape index (κ1) is 11.0. The van der Waals surface area contributed by atoms with Gasteiger partial charge in [-0.1, -0.05) is 0 Å². The monoisotopic (exact) mass is 265 g/mol. The summed E-state index contributed by atoms with van der Waals surface area (Å²) in [7, 11) is 0. The molecular formula is C8H6ClF6N. The second kappa shape index (κ2) is 2.48. The summed E-state index contributed by atoms with van der Waals surface area (Å²) in [6.07, 6.45) is -10.7. The third-order valence-electron chi connectivity index (χ3n) is 4.00. The average Bonchev–Trinajstić information content (AvgIpc) is 2.43. The Morgan fingerprint density at radius 1 is 1.06 bits per heavy atom. The van der Waals surface area contributed by atoms with Crippen LogP contribution in [0.3, 0.4) is 0 Å². The van der Waals surface area contributed by atoms with E-state index in [9.17, 15) is 26.3 Å². The van der Waals surface area contributed by atoms with Gasteiger partial charge in [0.15, 0.2) is 0 Å². The fraction of sp³-hybridized carbons (Fsp3) is 1.00. The van der Waals surface area contributed by atoms with Gasteiger partial charge in [0.25, 0.3) is 0 Å². The lowest BCUT2D eigenvalue weighted by atomic mass is 9.85. The fourth-order valence-electron chi connectivity index (χ4n) is 3.51. The maximum absolute atomic E-state index is 12.8. The molecule has 0 spiro atoms. The minimum Gasteiger partial charge on any atom is -0.271 e. The van der Waals surface area contributed by atoms with Crippen LogP contribution >= 0.6 is 11.6 Å². The van der Waals surface area contributed by atoms with Crippen LogP contribution in [0.2, 0.25) is 0 Å². The Kier molecular flexibility index (Phi) is 1.70. The number of piperidine rings is 3. The van der Waals surface area contributed by atoms with Gasteiger partial charge in [-0.3, -0.25) is 4.90 Å². The van der Waals surface area contributed by atoms with Crippen molar-refractivity contribution >= 4 is 11.6 Å². The van der Waals surface area contributed by atoms with E-state index in [1.807, 2.05) is 0 Å². The fourth-order valence-corrected chi connectivity index (χ4v) is 4.08. The molecular weight excluding hydrogens is 260 g/mol. The van der Waals surface area contributed by atoms with Crippen LogP contribution in [0.25, 0.3) is 0 Å². The smallest absolute Gasteiger partial charge is 0.271 e. The predicted molar refractivity (Wildman–Crippen MR) is 42.0 cm³/mol. The van der Waals surface area contributed by atoms with Crippen LogP contribution in [-0.4, -0.2) is 40.3 Å². The van der Waals surface area contributed by atoms with Crippen molar-refractivity contribution in [1.82, 2.24) is 4.90 Å². The molecule has 0 aromatic rings. The highest BCUT2D eigenvalue weighted by molar-refractivity contribution is 6.22. The molecule has 1 nitrogen and oxygen atoms in total. The Morgan fingerprint density at radius 3 is 1.69 bits per heavy atom. The summed E-state index contributed by atoms with van der Waals surface area (Å²) in [6, 6.07) is -1.37. The summed E-state index contributed by atoms with van der Waals surface area (Å²) in [4.78, 5) is 0.509. The number of rotatable bonds is 0. The lowest BCUT2D eigenvalue weighted by molar-refractivity contribution is -0.328. The second-order valence-electron chi connectivity index (χ2n) is 4.51. The van der Waals surface area contributed by atoms with Crippen molar-refractivity contribution in [1.29, 1.82) is 0 Å². The summed E-state index contributed by atoms with van der Waals surface area (Å²) < 4.78 is 76.9. The van der Waals surface area contributed by atoms with Crippen LogP contribution in [0.5, 0.6) is 0 Å². The van der Waals surface area contributed by atoms with Gasteiger partial charge in [-0.15, -0.1) is 11.6 Å². The zero-order valence-corrected chi connectivity index (χ0v) is 8.37. The van der Waals surface area contributed by atoms with Gasteiger partial charge in [-0.25, -0.2) is 0 Å². The number of hydrogen-bond donors (Lipinski definition) is 0. The quantitative estimate of drug-likeness (QED) is 0.370. The minimum atomic E-state index is -5.32. The van der Waals surface area contributed by atoms with Gasteiger partial charge in [0.05, 0.1) is 5.38 Å². The van der Waals surface area contributed by atoms with E-state index in [4.69, 9.17) is 11.6 Å². The minimum absolute atomic E-state index is 0.0994. The SMILES string of the molecule is FC(F)(F)C1(C(F)(F)F)[C@@H]2C[C@@H]3[C@@H]([C@H]2Cl)N31. The highest BCUT2D eigenvalue weighted by Crippen LogP contribution is 2.73. The molecule has 3 heterocycles. The summed E-state index contributed by atoms with van der Waals surface area (Å²) in [5.41, 5.74) is -3.69. The van der Waals surface area contributed by atoms with Crippen LogP contribution in [0.1, 0.15) is 6.42 Å². The zero-order chi connectivity index (χ0) is 12.1. The topological polar surface area (TPSA) is 3.01 Å². The van der Waals surface area contributed by atoms with Crippen molar-refractivity contribution in [2.24, 2.45) is 5.92 Å². The molecule has 1 saturated carbocycles. The molecule has 4 bridgehead atoms. The van der Waals surface area contributed by atoms with Crippen molar-refractivity contribution in [3.63, 3.8) is 0 Å². The van der Waals surface area contributed by atoms with E-state index < -0.39 is 41.3 Å². The Balaban J connectivity index is 2.14. The van der Waals surface area contributed by atoms with E-state index in [-0.39, 0.29) is 6.42 Å².